The molecule has 0 N–H and O–H groups in total. The van der Waals surface area contributed by atoms with Crippen LogP contribution in [0.4, 0.5) is 0 Å². The van der Waals surface area contributed by atoms with Crippen molar-refractivity contribution in [2.45, 2.75) is 36.2 Å². The maximum atomic E-state index is 12.3. The maximum absolute atomic E-state index is 12.3. The Labute approximate surface area is 111 Å². The first-order chi connectivity index (χ1) is 8.84. The van der Waals surface area contributed by atoms with Gasteiger partial charge in [0.05, 0.1) is 11.8 Å². The van der Waals surface area contributed by atoms with E-state index in [1.54, 1.807) is 24.2 Å². The van der Waals surface area contributed by atoms with Gasteiger partial charge in [-0.15, -0.1) is 11.8 Å². The van der Waals surface area contributed by atoms with Crippen LogP contribution in [0.15, 0.2) is 41.6 Å². The van der Waals surface area contributed by atoms with Crippen molar-refractivity contribution in [2.24, 2.45) is 0 Å². The number of hydrogen-bond donors (Lipinski definition) is 0. The lowest BCUT2D eigenvalue weighted by molar-refractivity contribution is -0.130. The lowest BCUT2D eigenvalue weighted by atomic mass is 10.1. The van der Waals surface area contributed by atoms with Crippen molar-refractivity contribution in [3.05, 3.63) is 36.7 Å². The highest BCUT2D eigenvalue weighted by atomic mass is 32.2. The number of carbonyl (C=O) groups excluding carboxylic acids is 1. The molecule has 3 rings (SSSR count). The molecule has 2 aliphatic heterocycles. The van der Waals surface area contributed by atoms with E-state index in [1.807, 2.05) is 12.1 Å². The van der Waals surface area contributed by atoms with E-state index in [2.05, 4.69) is 22.0 Å². The van der Waals surface area contributed by atoms with Crippen LogP contribution in [0.1, 0.15) is 19.3 Å². The molecule has 0 aliphatic carbocycles. The Hall–Kier alpha value is -1.29. The lowest BCUT2D eigenvalue weighted by Gasteiger charge is -2.31. The van der Waals surface area contributed by atoms with E-state index in [0.29, 0.717) is 17.8 Å². The molecule has 2 unspecified atom stereocenters. The van der Waals surface area contributed by atoms with Crippen molar-refractivity contribution in [3.8, 4) is 0 Å². The smallest absolute Gasteiger partial charge is 0.233 e. The minimum atomic E-state index is 0.272. The van der Waals surface area contributed by atoms with E-state index in [4.69, 9.17) is 0 Å². The molecule has 1 aromatic rings. The number of fused-ring (bicyclic) bond motifs is 2. The molecule has 4 heteroatoms. The van der Waals surface area contributed by atoms with Gasteiger partial charge in [0.2, 0.25) is 5.91 Å². The van der Waals surface area contributed by atoms with Gasteiger partial charge in [-0.1, -0.05) is 12.2 Å². The highest BCUT2D eigenvalue weighted by Crippen LogP contribution is 2.32. The van der Waals surface area contributed by atoms with E-state index in [0.717, 1.165) is 24.2 Å². The Morgan fingerprint density at radius 2 is 2.22 bits per heavy atom. The zero-order chi connectivity index (χ0) is 12.4. The Morgan fingerprint density at radius 1 is 1.39 bits per heavy atom. The van der Waals surface area contributed by atoms with Crippen LogP contribution in [0.3, 0.4) is 0 Å². The predicted octanol–water partition coefficient (Wildman–Crippen LogP) is 2.49. The average Bonchev–Trinajstić information content (AvgIpc) is 2.67. The first kappa shape index (κ1) is 11.8. The summed E-state index contributed by atoms with van der Waals surface area (Å²) >= 11 is 1.60. The Kier molecular flexibility index (Phi) is 3.37. The molecule has 3 nitrogen and oxygen atoms in total. The minimum absolute atomic E-state index is 0.272. The number of rotatable bonds is 3. The van der Waals surface area contributed by atoms with Crippen LogP contribution < -0.4 is 0 Å². The summed E-state index contributed by atoms with van der Waals surface area (Å²) in [6.07, 6.45) is 11.3. The second-order valence-electron chi connectivity index (χ2n) is 4.73. The number of carbonyl (C=O) groups is 1. The van der Waals surface area contributed by atoms with Crippen molar-refractivity contribution in [2.75, 3.05) is 5.75 Å². The molecule has 1 amide bonds. The van der Waals surface area contributed by atoms with E-state index < -0.39 is 0 Å². The maximum Gasteiger partial charge on any atom is 0.233 e. The van der Waals surface area contributed by atoms with Crippen molar-refractivity contribution in [1.29, 1.82) is 0 Å². The molecule has 0 spiro atoms. The van der Waals surface area contributed by atoms with Gasteiger partial charge in [0.1, 0.15) is 0 Å². The summed E-state index contributed by atoms with van der Waals surface area (Å²) in [4.78, 5) is 19.5. The van der Waals surface area contributed by atoms with Gasteiger partial charge in [-0.05, 0) is 31.4 Å². The summed E-state index contributed by atoms with van der Waals surface area (Å²) in [5.41, 5.74) is 0. The zero-order valence-electron chi connectivity index (χ0n) is 10.2. The van der Waals surface area contributed by atoms with Crippen LogP contribution in [0.2, 0.25) is 0 Å². The van der Waals surface area contributed by atoms with Gasteiger partial charge in [-0.25, -0.2) is 0 Å². The molecular formula is C14H16N2OS. The normalized spacial score (nSPS) is 25.4. The molecule has 1 aromatic heterocycles. The number of hydrogen-bond acceptors (Lipinski definition) is 3. The highest BCUT2D eigenvalue weighted by molar-refractivity contribution is 8.00. The number of aromatic nitrogens is 1. The molecule has 2 atom stereocenters. The third kappa shape index (κ3) is 2.29. The molecule has 3 heterocycles. The Bertz CT molecular complexity index is 460. The third-order valence-electron chi connectivity index (χ3n) is 3.61. The Balaban J connectivity index is 1.61. The van der Waals surface area contributed by atoms with Crippen LogP contribution in [-0.4, -0.2) is 33.6 Å². The Morgan fingerprint density at radius 3 is 3.00 bits per heavy atom. The fourth-order valence-electron chi connectivity index (χ4n) is 2.77. The van der Waals surface area contributed by atoms with Crippen LogP contribution in [0.25, 0.3) is 0 Å². The van der Waals surface area contributed by atoms with Crippen molar-refractivity contribution >= 4 is 17.7 Å². The number of amides is 1. The first-order valence-electron chi connectivity index (χ1n) is 6.35. The topological polar surface area (TPSA) is 33.2 Å². The molecule has 2 bridgehead atoms. The molecular weight excluding hydrogens is 244 g/mol. The van der Waals surface area contributed by atoms with Gasteiger partial charge in [-0.3, -0.25) is 9.78 Å². The van der Waals surface area contributed by atoms with Crippen LogP contribution in [0.5, 0.6) is 0 Å². The second-order valence-corrected chi connectivity index (χ2v) is 5.78. The van der Waals surface area contributed by atoms with E-state index in [1.165, 1.54) is 0 Å². The summed E-state index contributed by atoms with van der Waals surface area (Å²) in [7, 11) is 0. The van der Waals surface area contributed by atoms with E-state index in [9.17, 15) is 4.79 Å². The SMILES string of the molecule is O=C(CSc1ccncc1)N1C2C=CCC1CC2. The monoisotopic (exact) mass is 260 g/mol. The van der Waals surface area contributed by atoms with Gasteiger partial charge < -0.3 is 4.90 Å². The summed E-state index contributed by atoms with van der Waals surface area (Å²) in [5.74, 6) is 0.805. The summed E-state index contributed by atoms with van der Waals surface area (Å²) in [6.45, 7) is 0. The van der Waals surface area contributed by atoms with E-state index >= 15 is 0 Å². The van der Waals surface area contributed by atoms with Crippen LogP contribution in [0, 0.1) is 0 Å². The standard InChI is InChI=1S/C14H16N2OS/c17-14(10-18-13-6-8-15-9-7-13)16-11-2-1-3-12(16)5-4-11/h1-2,6-9,11-12H,3-5,10H2. The number of thioether (sulfide) groups is 1. The minimum Gasteiger partial charge on any atom is -0.332 e. The van der Waals surface area contributed by atoms with E-state index in [-0.39, 0.29) is 5.91 Å². The van der Waals surface area contributed by atoms with Crippen molar-refractivity contribution in [1.82, 2.24) is 9.88 Å². The molecule has 0 aromatic carbocycles. The molecule has 18 heavy (non-hydrogen) atoms. The average molecular weight is 260 g/mol. The number of pyridine rings is 1. The predicted molar refractivity (Wildman–Crippen MR) is 72.4 cm³/mol. The fourth-order valence-corrected chi connectivity index (χ4v) is 3.52. The third-order valence-corrected chi connectivity index (χ3v) is 4.61. The summed E-state index contributed by atoms with van der Waals surface area (Å²) in [6, 6.07) is 4.70. The van der Waals surface area contributed by atoms with Gasteiger partial charge in [-0.2, -0.15) is 0 Å². The number of nitrogens with zero attached hydrogens (tertiary/aromatic N) is 2. The van der Waals surface area contributed by atoms with Crippen molar-refractivity contribution in [3.63, 3.8) is 0 Å². The summed E-state index contributed by atoms with van der Waals surface area (Å²) < 4.78 is 0. The lowest BCUT2D eigenvalue weighted by Crippen LogP contribution is -2.43. The quantitative estimate of drug-likeness (QED) is 0.618. The fraction of sp³-hybridized carbons (Fsp3) is 0.429. The van der Waals surface area contributed by atoms with Gasteiger partial charge in [0.25, 0.3) is 0 Å². The molecule has 2 aliphatic rings. The zero-order valence-corrected chi connectivity index (χ0v) is 11.0. The van der Waals surface area contributed by atoms with Crippen LogP contribution >= 0.6 is 11.8 Å². The summed E-state index contributed by atoms with van der Waals surface area (Å²) in [5, 5.41) is 0. The largest absolute Gasteiger partial charge is 0.332 e. The molecule has 94 valence electrons. The van der Waals surface area contributed by atoms with Gasteiger partial charge >= 0.3 is 0 Å². The van der Waals surface area contributed by atoms with Crippen molar-refractivity contribution < 1.29 is 4.79 Å². The second kappa shape index (κ2) is 5.14. The highest BCUT2D eigenvalue weighted by Gasteiger charge is 2.36. The van der Waals surface area contributed by atoms with Gasteiger partial charge in [0.15, 0.2) is 0 Å². The van der Waals surface area contributed by atoms with Gasteiger partial charge in [0, 0.05) is 23.3 Å². The molecule has 0 saturated carbocycles. The molecule has 1 saturated heterocycles. The molecule has 0 radical (unpaired) electrons. The molecule has 1 fully saturated rings. The van der Waals surface area contributed by atoms with Crippen LogP contribution in [-0.2, 0) is 4.79 Å². The first-order valence-corrected chi connectivity index (χ1v) is 7.34.